The summed E-state index contributed by atoms with van der Waals surface area (Å²) in [5.41, 5.74) is 7.54. The van der Waals surface area contributed by atoms with Crippen molar-refractivity contribution < 1.29 is 4.39 Å². The molecule has 1 aromatic carbocycles. The van der Waals surface area contributed by atoms with Gasteiger partial charge in [-0.05, 0) is 24.3 Å². The molecule has 0 amide bonds. The minimum atomic E-state index is -0.371. The molecular weight excluding hydrogens is 368 g/mol. The fourth-order valence-corrected chi connectivity index (χ4v) is 2.92. The van der Waals surface area contributed by atoms with Crippen molar-refractivity contribution in [2.75, 3.05) is 5.73 Å². The van der Waals surface area contributed by atoms with Gasteiger partial charge in [-0.25, -0.2) is 9.37 Å². The van der Waals surface area contributed by atoms with Crippen molar-refractivity contribution in [3.63, 3.8) is 0 Å². The Morgan fingerprint density at radius 1 is 1.25 bits per heavy atom. The Kier molecular flexibility index (Phi) is 3.36. The molecule has 0 fully saturated rings. The van der Waals surface area contributed by atoms with Crippen LogP contribution in [0.3, 0.4) is 0 Å². The number of nitrogens with zero attached hydrogens (tertiary/aromatic N) is 2. The van der Waals surface area contributed by atoms with E-state index in [0.717, 1.165) is 0 Å². The molecule has 0 bridgehead atoms. The van der Waals surface area contributed by atoms with Crippen LogP contribution in [-0.2, 0) is 0 Å². The summed E-state index contributed by atoms with van der Waals surface area (Å²) in [4.78, 5) is 4.38. The number of halogens is 4. The van der Waals surface area contributed by atoms with Gasteiger partial charge in [0.2, 0.25) is 0 Å². The molecule has 2 heterocycles. The molecule has 0 spiro atoms. The third kappa shape index (κ3) is 2.16. The van der Waals surface area contributed by atoms with E-state index >= 15 is 0 Å². The van der Waals surface area contributed by atoms with Crippen LogP contribution in [0.5, 0.6) is 0 Å². The van der Waals surface area contributed by atoms with E-state index in [1.54, 1.807) is 22.7 Å². The van der Waals surface area contributed by atoms with Crippen LogP contribution < -0.4 is 5.73 Å². The molecule has 3 aromatic rings. The highest BCUT2D eigenvalue weighted by molar-refractivity contribution is 9.10. The third-order valence-corrected chi connectivity index (χ3v) is 4.04. The Morgan fingerprint density at radius 2 is 2.00 bits per heavy atom. The molecule has 0 radical (unpaired) electrons. The molecule has 2 N–H and O–H groups in total. The average molecular weight is 375 g/mol. The van der Waals surface area contributed by atoms with Crippen LogP contribution in [-0.4, -0.2) is 9.38 Å². The zero-order valence-electron chi connectivity index (χ0n) is 9.87. The summed E-state index contributed by atoms with van der Waals surface area (Å²) in [5.74, 6) is -0.0283. The number of nitrogens with two attached hydrogens (primary N) is 1. The molecule has 0 unspecified atom stereocenters. The van der Waals surface area contributed by atoms with Crippen LogP contribution in [0.2, 0.25) is 10.0 Å². The van der Waals surface area contributed by atoms with Crippen LogP contribution >= 0.6 is 39.1 Å². The molecule has 0 aliphatic rings. The number of fused-ring (bicyclic) bond motifs is 1. The first kappa shape index (κ1) is 13.7. The predicted octanol–water partition coefficient (Wildman–Crippen LogP) is 4.79. The number of pyridine rings is 1. The average Bonchev–Trinajstić information content (AvgIpc) is 2.71. The lowest BCUT2D eigenvalue weighted by Crippen LogP contribution is -1.95. The first-order chi connectivity index (χ1) is 9.47. The van der Waals surface area contributed by atoms with E-state index in [1.165, 1.54) is 12.1 Å². The van der Waals surface area contributed by atoms with Gasteiger partial charge in [-0.3, -0.25) is 4.40 Å². The molecule has 3 nitrogen and oxygen atoms in total. The monoisotopic (exact) mass is 373 g/mol. The highest BCUT2D eigenvalue weighted by Gasteiger charge is 2.16. The van der Waals surface area contributed by atoms with E-state index in [9.17, 15) is 4.39 Å². The lowest BCUT2D eigenvalue weighted by atomic mass is 10.1. The molecule has 20 heavy (non-hydrogen) atoms. The van der Waals surface area contributed by atoms with E-state index in [-0.39, 0.29) is 5.82 Å². The van der Waals surface area contributed by atoms with Gasteiger partial charge in [0.25, 0.3) is 0 Å². The molecule has 0 saturated heterocycles. The molecule has 3 rings (SSSR count). The van der Waals surface area contributed by atoms with Gasteiger partial charge in [-0.15, -0.1) is 0 Å². The van der Waals surface area contributed by atoms with Gasteiger partial charge in [0.05, 0.1) is 10.0 Å². The summed E-state index contributed by atoms with van der Waals surface area (Å²) < 4.78 is 15.7. The highest BCUT2D eigenvalue weighted by atomic mass is 79.9. The van der Waals surface area contributed by atoms with Crippen LogP contribution in [0.15, 0.2) is 34.9 Å². The van der Waals surface area contributed by atoms with Crippen LogP contribution in [0, 0.1) is 5.82 Å². The van der Waals surface area contributed by atoms with Crippen LogP contribution in [0.4, 0.5) is 10.2 Å². The number of nitrogen functional groups attached to an aromatic ring is 1. The minimum absolute atomic E-state index is 0.343. The summed E-state index contributed by atoms with van der Waals surface area (Å²) in [5, 5.41) is 0.819. The van der Waals surface area contributed by atoms with Crippen molar-refractivity contribution in [3.8, 4) is 11.3 Å². The van der Waals surface area contributed by atoms with E-state index in [4.69, 9.17) is 28.9 Å². The van der Waals surface area contributed by atoms with Crippen LogP contribution in [0.1, 0.15) is 0 Å². The smallest absolute Gasteiger partial charge is 0.158 e. The van der Waals surface area contributed by atoms with Crippen molar-refractivity contribution in [3.05, 3.63) is 50.8 Å². The van der Waals surface area contributed by atoms with Gasteiger partial charge in [0.15, 0.2) is 5.65 Å². The predicted molar refractivity (Wildman–Crippen MR) is 82.7 cm³/mol. The maximum atomic E-state index is 13.4. The van der Waals surface area contributed by atoms with Crippen molar-refractivity contribution >= 4 is 50.6 Å². The number of hydrogen-bond acceptors (Lipinski definition) is 2. The van der Waals surface area contributed by atoms with Gasteiger partial charge in [-0.1, -0.05) is 39.1 Å². The number of rotatable bonds is 1. The molecule has 2 aromatic heterocycles. The fourth-order valence-electron chi connectivity index (χ4n) is 1.97. The second-order valence-electron chi connectivity index (χ2n) is 4.17. The molecule has 102 valence electrons. The number of hydrogen-bond donors (Lipinski definition) is 1. The Bertz CT molecular complexity index is 832. The summed E-state index contributed by atoms with van der Waals surface area (Å²) in [6.07, 6.45) is 1.61. The quantitative estimate of drug-likeness (QED) is 0.665. The zero-order valence-corrected chi connectivity index (χ0v) is 13.0. The van der Waals surface area contributed by atoms with E-state index in [1.807, 2.05) is 0 Å². The second kappa shape index (κ2) is 4.91. The van der Waals surface area contributed by atoms with Crippen molar-refractivity contribution in [1.29, 1.82) is 0 Å². The first-order valence-corrected chi connectivity index (χ1v) is 7.10. The zero-order chi connectivity index (χ0) is 14.4. The van der Waals surface area contributed by atoms with Gasteiger partial charge in [0.1, 0.15) is 17.3 Å². The van der Waals surface area contributed by atoms with Gasteiger partial charge in [-0.2, -0.15) is 0 Å². The summed E-state index contributed by atoms with van der Waals surface area (Å²) in [6.45, 7) is 0. The molecule has 7 heteroatoms. The minimum Gasteiger partial charge on any atom is -0.383 e. The lowest BCUT2D eigenvalue weighted by Gasteiger charge is -2.03. The Hall–Kier alpha value is -1.30. The fraction of sp³-hybridized carbons (Fsp3) is 0. The topological polar surface area (TPSA) is 43.3 Å². The number of imidazole rings is 1. The van der Waals surface area contributed by atoms with E-state index in [2.05, 4.69) is 20.9 Å². The molecule has 0 saturated carbocycles. The molecule has 0 aliphatic heterocycles. The van der Waals surface area contributed by atoms with E-state index < -0.39 is 0 Å². The standard InChI is InChI=1S/C13H7BrCl2FN3/c14-9-2-1-7(17)4-8(9)11-12(18)20-5-6(15)3-10(16)13(20)19-11/h1-5H,18H2. The maximum absolute atomic E-state index is 13.4. The molecule has 0 aliphatic carbocycles. The van der Waals surface area contributed by atoms with Crippen molar-refractivity contribution in [1.82, 2.24) is 9.38 Å². The first-order valence-electron chi connectivity index (χ1n) is 5.55. The highest BCUT2D eigenvalue weighted by Crippen LogP contribution is 2.35. The normalized spacial score (nSPS) is 11.2. The number of anilines is 1. The summed E-state index contributed by atoms with van der Waals surface area (Å²) in [6, 6.07) is 5.89. The Labute approximate surface area is 132 Å². The summed E-state index contributed by atoms with van der Waals surface area (Å²) >= 11 is 15.4. The van der Waals surface area contributed by atoms with Crippen LogP contribution in [0.25, 0.3) is 16.9 Å². The lowest BCUT2D eigenvalue weighted by molar-refractivity contribution is 0.628. The maximum Gasteiger partial charge on any atom is 0.158 e. The van der Waals surface area contributed by atoms with E-state index in [0.29, 0.717) is 37.2 Å². The Balaban J connectivity index is 2.35. The van der Waals surface area contributed by atoms with Crippen molar-refractivity contribution in [2.45, 2.75) is 0 Å². The van der Waals surface area contributed by atoms with Gasteiger partial charge >= 0.3 is 0 Å². The third-order valence-electron chi connectivity index (χ3n) is 2.86. The van der Waals surface area contributed by atoms with Gasteiger partial charge in [0, 0.05) is 16.2 Å². The molecular formula is C13H7BrCl2FN3. The van der Waals surface area contributed by atoms with Crippen molar-refractivity contribution in [2.24, 2.45) is 0 Å². The second-order valence-corrected chi connectivity index (χ2v) is 5.87. The SMILES string of the molecule is Nc1c(-c2cc(F)ccc2Br)nc2c(Cl)cc(Cl)cn12. The summed E-state index contributed by atoms with van der Waals surface area (Å²) in [7, 11) is 0. The number of benzene rings is 1. The van der Waals surface area contributed by atoms with Gasteiger partial charge < -0.3 is 5.73 Å². The number of aromatic nitrogens is 2. The largest absolute Gasteiger partial charge is 0.383 e. The Morgan fingerprint density at radius 3 is 2.75 bits per heavy atom. The molecule has 0 atom stereocenters.